The Morgan fingerprint density at radius 1 is 1.35 bits per heavy atom. The molecular formula is C13H18FN3. The summed E-state index contributed by atoms with van der Waals surface area (Å²) in [5, 5.41) is 3.23. The van der Waals surface area contributed by atoms with E-state index in [1.54, 1.807) is 6.07 Å². The van der Waals surface area contributed by atoms with E-state index in [9.17, 15) is 4.39 Å². The summed E-state index contributed by atoms with van der Waals surface area (Å²) in [6.45, 7) is 3.95. The van der Waals surface area contributed by atoms with Gasteiger partial charge < -0.3 is 15.1 Å². The van der Waals surface area contributed by atoms with Crippen LogP contribution in [0.5, 0.6) is 0 Å². The highest BCUT2D eigenvalue weighted by Crippen LogP contribution is 2.34. The summed E-state index contributed by atoms with van der Waals surface area (Å²) in [7, 11) is 2.15. The van der Waals surface area contributed by atoms with E-state index >= 15 is 0 Å². The minimum atomic E-state index is -0.137. The second kappa shape index (κ2) is 4.18. The van der Waals surface area contributed by atoms with Crippen molar-refractivity contribution < 1.29 is 4.39 Å². The number of anilines is 2. The zero-order valence-corrected chi connectivity index (χ0v) is 10.1. The van der Waals surface area contributed by atoms with E-state index in [2.05, 4.69) is 22.2 Å². The predicted molar refractivity (Wildman–Crippen MR) is 68.1 cm³/mol. The monoisotopic (exact) mass is 235 g/mol. The highest BCUT2D eigenvalue weighted by atomic mass is 19.1. The Kier molecular flexibility index (Phi) is 2.67. The molecule has 1 aromatic carbocycles. The molecule has 0 aliphatic carbocycles. The minimum absolute atomic E-state index is 0.137. The summed E-state index contributed by atoms with van der Waals surface area (Å²) in [4.78, 5) is 4.71. The van der Waals surface area contributed by atoms with Crippen LogP contribution < -0.4 is 10.2 Å². The fraction of sp³-hybridized carbons (Fsp3) is 0.538. The molecule has 1 unspecified atom stereocenters. The molecule has 1 saturated heterocycles. The molecule has 1 atom stereocenters. The summed E-state index contributed by atoms with van der Waals surface area (Å²) >= 11 is 0. The molecule has 4 heteroatoms. The molecule has 3 rings (SSSR count). The normalized spacial score (nSPS) is 24.6. The molecule has 17 heavy (non-hydrogen) atoms. The quantitative estimate of drug-likeness (QED) is 0.739. The van der Waals surface area contributed by atoms with Gasteiger partial charge in [-0.15, -0.1) is 0 Å². The van der Waals surface area contributed by atoms with Crippen LogP contribution in [0.25, 0.3) is 0 Å². The van der Waals surface area contributed by atoms with Crippen molar-refractivity contribution >= 4 is 11.4 Å². The number of para-hydroxylation sites is 1. The number of halogens is 1. The summed E-state index contributed by atoms with van der Waals surface area (Å²) in [6, 6.07) is 5.86. The van der Waals surface area contributed by atoms with Crippen LogP contribution >= 0.6 is 0 Å². The van der Waals surface area contributed by atoms with Crippen LogP contribution in [0.1, 0.15) is 6.42 Å². The van der Waals surface area contributed by atoms with Gasteiger partial charge in [-0.05, 0) is 25.6 Å². The molecule has 3 nitrogen and oxygen atoms in total. The second-order valence-corrected chi connectivity index (χ2v) is 4.96. The van der Waals surface area contributed by atoms with Gasteiger partial charge >= 0.3 is 0 Å². The lowest BCUT2D eigenvalue weighted by Crippen LogP contribution is -2.51. The second-order valence-electron chi connectivity index (χ2n) is 4.96. The first-order valence-corrected chi connectivity index (χ1v) is 6.23. The molecular weight excluding hydrogens is 217 g/mol. The van der Waals surface area contributed by atoms with Crippen LogP contribution in [0.15, 0.2) is 18.2 Å². The van der Waals surface area contributed by atoms with Gasteiger partial charge in [0.25, 0.3) is 0 Å². The first-order valence-electron chi connectivity index (χ1n) is 6.23. The molecule has 1 aromatic rings. The molecule has 0 saturated carbocycles. The average molecular weight is 235 g/mol. The number of fused-ring (bicyclic) bond motifs is 3. The minimum Gasteiger partial charge on any atom is -0.381 e. The topological polar surface area (TPSA) is 18.5 Å². The molecule has 92 valence electrons. The largest absolute Gasteiger partial charge is 0.381 e. The summed E-state index contributed by atoms with van der Waals surface area (Å²) < 4.78 is 13.8. The number of rotatable bonds is 0. The fourth-order valence-corrected chi connectivity index (χ4v) is 2.87. The van der Waals surface area contributed by atoms with Crippen molar-refractivity contribution in [2.75, 3.05) is 43.4 Å². The molecule has 2 heterocycles. The lowest BCUT2D eigenvalue weighted by Gasteiger charge is -2.40. The fourth-order valence-electron chi connectivity index (χ4n) is 2.87. The van der Waals surface area contributed by atoms with E-state index in [1.165, 1.54) is 6.07 Å². The third kappa shape index (κ3) is 1.86. The predicted octanol–water partition coefficient (Wildman–Crippen LogP) is 1.76. The van der Waals surface area contributed by atoms with Crippen LogP contribution in [0, 0.1) is 5.82 Å². The first-order chi connectivity index (χ1) is 8.25. The van der Waals surface area contributed by atoms with Crippen molar-refractivity contribution in [3.05, 3.63) is 24.0 Å². The maximum Gasteiger partial charge on any atom is 0.148 e. The van der Waals surface area contributed by atoms with Crippen molar-refractivity contribution in [3.63, 3.8) is 0 Å². The number of hydrogen-bond acceptors (Lipinski definition) is 3. The van der Waals surface area contributed by atoms with E-state index in [1.807, 2.05) is 6.07 Å². The zero-order valence-electron chi connectivity index (χ0n) is 10.1. The number of piperazine rings is 1. The van der Waals surface area contributed by atoms with Gasteiger partial charge in [-0.1, -0.05) is 6.07 Å². The van der Waals surface area contributed by atoms with Crippen LogP contribution in [-0.2, 0) is 0 Å². The number of likely N-dealkylation sites (N-methyl/N-ethyl adjacent to an activating group) is 1. The van der Waals surface area contributed by atoms with E-state index in [4.69, 9.17) is 0 Å². The molecule has 1 fully saturated rings. The van der Waals surface area contributed by atoms with Gasteiger partial charge in [0.05, 0.1) is 11.4 Å². The third-order valence-corrected chi connectivity index (χ3v) is 3.77. The van der Waals surface area contributed by atoms with Crippen molar-refractivity contribution in [1.29, 1.82) is 0 Å². The molecule has 0 amide bonds. The average Bonchev–Trinajstić information content (AvgIpc) is 2.49. The Bertz CT molecular complexity index is 421. The van der Waals surface area contributed by atoms with Crippen LogP contribution in [-0.4, -0.2) is 44.2 Å². The lowest BCUT2D eigenvalue weighted by atomic mass is 10.1. The Labute approximate surface area is 101 Å². The van der Waals surface area contributed by atoms with Crippen LogP contribution in [0.3, 0.4) is 0 Å². The molecule has 1 N–H and O–H groups in total. The van der Waals surface area contributed by atoms with E-state index in [0.717, 1.165) is 38.3 Å². The van der Waals surface area contributed by atoms with E-state index < -0.39 is 0 Å². The summed E-state index contributed by atoms with van der Waals surface area (Å²) in [6.07, 6.45) is 1.07. The van der Waals surface area contributed by atoms with Gasteiger partial charge in [0.2, 0.25) is 0 Å². The van der Waals surface area contributed by atoms with Gasteiger partial charge in [-0.2, -0.15) is 0 Å². The Morgan fingerprint density at radius 3 is 3.12 bits per heavy atom. The molecule has 0 aromatic heterocycles. The Balaban J connectivity index is 1.99. The number of nitrogens with zero attached hydrogens (tertiary/aromatic N) is 2. The van der Waals surface area contributed by atoms with Crippen LogP contribution in [0.2, 0.25) is 0 Å². The lowest BCUT2D eigenvalue weighted by molar-refractivity contribution is 0.264. The third-order valence-electron chi connectivity index (χ3n) is 3.77. The van der Waals surface area contributed by atoms with Gasteiger partial charge in [0.1, 0.15) is 5.82 Å². The van der Waals surface area contributed by atoms with Crippen molar-refractivity contribution in [2.45, 2.75) is 12.5 Å². The number of hydrogen-bond donors (Lipinski definition) is 1. The molecule has 0 spiro atoms. The van der Waals surface area contributed by atoms with Crippen molar-refractivity contribution in [3.8, 4) is 0 Å². The maximum atomic E-state index is 13.8. The highest BCUT2D eigenvalue weighted by Gasteiger charge is 2.29. The molecule has 2 aliphatic heterocycles. The first kappa shape index (κ1) is 10.8. The SMILES string of the molecule is CN1CCN2c3cccc(F)c3NCCC2C1. The number of nitrogens with one attached hydrogen (secondary N) is 1. The smallest absolute Gasteiger partial charge is 0.148 e. The highest BCUT2D eigenvalue weighted by molar-refractivity contribution is 5.72. The van der Waals surface area contributed by atoms with E-state index in [-0.39, 0.29) is 5.82 Å². The van der Waals surface area contributed by atoms with Gasteiger partial charge in [-0.3, -0.25) is 0 Å². The Hall–Kier alpha value is -1.29. The molecule has 2 aliphatic rings. The van der Waals surface area contributed by atoms with Gasteiger partial charge in [-0.25, -0.2) is 4.39 Å². The van der Waals surface area contributed by atoms with Crippen LogP contribution in [0.4, 0.5) is 15.8 Å². The van der Waals surface area contributed by atoms with Crippen molar-refractivity contribution in [2.24, 2.45) is 0 Å². The number of benzene rings is 1. The van der Waals surface area contributed by atoms with Gasteiger partial charge in [0, 0.05) is 32.2 Å². The standard InChI is InChI=1S/C13H18FN3/c1-16-7-8-17-10(9-16)5-6-15-13-11(14)3-2-4-12(13)17/h2-4,10,15H,5-9H2,1H3. The van der Waals surface area contributed by atoms with Gasteiger partial charge in [0.15, 0.2) is 0 Å². The molecule has 0 radical (unpaired) electrons. The zero-order chi connectivity index (χ0) is 11.8. The Morgan fingerprint density at radius 2 is 2.24 bits per heavy atom. The van der Waals surface area contributed by atoms with Crippen molar-refractivity contribution in [1.82, 2.24) is 4.90 Å². The summed E-state index contributed by atoms with van der Waals surface area (Å²) in [5.74, 6) is -0.137. The maximum absolute atomic E-state index is 13.8. The molecule has 0 bridgehead atoms. The van der Waals surface area contributed by atoms with E-state index in [0.29, 0.717) is 11.7 Å². The summed E-state index contributed by atoms with van der Waals surface area (Å²) in [5.41, 5.74) is 1.71.